The van der Waals surface area contributed by atoms with E-state index in [1.807, 2.05) is 6.07 Å². The van der Waals surface area contributed by atoms with E-state index in [-0.39, 0.29) is 12.5 Å². The maximum absolute atomic E-state index is 12.5. The molecule has 1 aromatic carbocycles. The van der Waals surface area contributed by atoms with Gasteiger partial charge in [-0.2, -0.15) is 0 Å². The van der Waals surface area contributed by atoms with Crippen LogP contribution in [0.25, 0.3) is 4.91 Å². The highest BCUT2D eigenvalue weighted by molar-refractivity contribution is 8.09. The smallest absolute Gasteiger partial charge is 0.341 e. The highest BCUT2D eigenvalue weighted by Crippen LogP contribution is 2.41. The fourth-order valence-electron chi connectivity index (χ4n) is 2.47. The van der Waals surface area contributed by atoms with Gasteiger partial charge in [0.05, 0.1) is 32.1 Å². The van der Waals surface area contributed by atoms with Crippen LogP contribution < -0.4 is 14.8 Å². The summed E-state index contributed by atoms with van der Waals surface area (Å²) in [6, 6.07) is 5.37. The standard InChI is InChI=1S/C18H22N2O5S/c1-6-25-17(22)15-10(2)19-18(20-11(3)21)26-16(15)12-7-8-13(23-4)14(9-12)24-5/h7-9,18H,6H2,1-5H3,(H,20,21). The van der Waals surface area contributed by atoms with Crippen molar-refractivity contribution in [2.45, 2.75) is 26.3 Å². The lowest BCUT2D eigenvalue weighted by atomic mass is 10.1. The minimum absolute atomic E-state index is 0.203. The number of esters is 1. The van der Waals surface area contributed by atoms with Gasteiger partial charge in [-0.1, -0.05) is 11.8 Å². The molecule has 0 aliphatic carbocycles. The zero-order valence-corrected chi connectivity index (χ0v) is 16.2. The number of benzene rings is 1. The van der Waals surface area contributed by atoms with Crippen molar-refractivity contribution in [3.05, 3.63) is 29.3 Å². The van der Waals surface area contributed by atoms with Crippen LogP contribution in [-0.2, 0) is 14.3 Å². The zero-order chi connectivity index (χ0) is 19.3. The van der Waals surface area contributed by atoms with Gasteiger partial charge in [0.25, 0.3) is 0 Å². The first-order valence-electron chi connectivity index (χ1n) is 8.03. The van der Waals surface area contributed by atoms with Crippen LogP contribution in [-0.4, -0.2) is 43.9 Å². The molecule has 0 saturated heterocycles. The molecule has 140 valence electrons. The van der Waals surface area contributed by atoms with Crippen LogP contribution in [0.4, 0.5) is 0 Å². The van der Waals surface area contributed by atoms with Gasteiger partial charge in [-0.25, -0.2) is 4.79 Å². The average molecular weight is 378 g/mol. The summed E-state index contributed by atoms with van der Waals surface area (Å²) >= 11 is 1.27. The van der Waals surface area contributed by atoms with Crippen molar-refractivity contribution in [1.82, 2.24) is 5.32 Å². The molecule has 0 radical (unpaired) electrons. The molecule has 0 aromatic heterocycles. The van der Waals surface area contributed by atoms with Crippen molar-refractivity contribution >= 4 is 34.3 Å². The predicted molar refractivity (Wildman–Crippen MR) is 101 cm³/mol. The number of thioether (sulfide) groups is 1. The SMILES string of the molecule is CCOC(=O)C1=C(c2ccc(OC)c(OC)c2)SC(NC(C)=O)N=C1C. The summed E-state index contributed by atoms with van der Waals surface area (Å²) < 4.78 is 15.8. The van der Waals surface area contributed by atoms with Crippen LogP contribution in [0.15, 0.2) is 28.8 Å². The molecule has 1 amide bonds. The van der Waals surface area contributed by atoms with E-state index in [0.29, 0.717) is 27.7 Å². The molecule has 0 spiro atoms. The van der Waals surface area contributed by atoms with Gasteiger partial charge in [-0.15, -0.1) is 0 Å². The molecule has 1 aliphatic rings. The summed E-state index contributed by atoms with van der Waals surface area (Å²) in [5, 5.41) is 2.75. The number of rotatable bonds is 6. The van der Waals surface area contributed by atoms with E-state index in [2.05, 4.69) is 10.3 Å². The predicted octanol–water partition coefficient (Wildman–Crippen LogP) is 2.61. The lowest BCUT2D eigenvalue weighted by molar-refractivity contribution is -0.137. The zero-order valence-electron chi connectivity index (χ0n) is 15.4. The summed E-state index contributed by atoms with van der Waals surface area (Å²) in [6.45, 7) is 5.15. The molecule has 26 heavy (non-hydrogen) atoms. The van der Waals surface area contributed by atoms with Gasteiger partial charge in [0.1, 0.15) is 0 Å². The Labute approximate surface area is 156 Å². The first-order chi connectivity index (χ1) is 12.4. The van der Waals surface area contributed by atoms with Gasteiger partial charge in [-0.3, -0.25) is 9.79 Å². The summed E-state index contributed by atoms with van der Waals surface area (Å²) in [7, 11) is 3.10. The molecular weight excluding hydrogens is 356 g/mol. The third-order valence-electron chi connectivity index (χ3n) is 3.58. The average Bonchev–Trinajstić information content (AvgIpc) is 2.60. The molecule has 7 nitrogen and oxygen atoms in total. The van der Waals surface area contributed by atoms with Gasteiger partial charge >= 0.3 is 5.97 Å². The number of ether oxygens (including phenoxy) is 3. The van der Waals surface area contributed by atoms with Crippen LogP contribution >= 0.6 is 11.8 Å². The maximum Gasteiger partial charge on any atom is 0.341 e. The van der Waals surface area contributed by atoms with Crippen LogP contribution in [0.5, 0.6) is 11.5 Å². The van der Waals surface area contributed by atoms with Gasteiger partial charge < -0.3 is 19.5 Å². The molecule has 1 N–H and O–H groups in total. The fraction of sp³-hybridized carbons (Fsp3) is 0.389. The number of hydrogen-bond donors (Lipinski definition) is 1. The molecule has 1 unspecified atom stereocenters. The molecular formula is C18H22N2O5S. The van der Waals surface area contributed by atoms with Crippen molar-refractivity contribution in [1.29, 1.82) is 0 Å². The number of amides is 1. The highest BCUT2D eigenvalue weighted by Gasteiger charge is 2.29. The van der Waals surface area contributed by atoms with E-state index in [1.165, 1.54) is 18.7 Å². The molecule has 8 heteroatoms. The Hall–Kier alpha value is -2.48. The van der Waals surface area contributed by atoms with Crippen LogP contribution in [0.1, 0.15) is 26.3 Å². The number of methoxy groups -OCH3 is 2. The maximum atomic E-state index is 12.5. The molecule has 0 saturated carbocycles. The monoisotopic (exact) mass is 378 g/mol. The minimum Gasteiger partial charge on any atom is -0.493 e. The first-order valence-corrected chi connectivity index (χ1v) is 8.91. The lowest BCUT2D eigenvalue weighted by Gasteiger charge is -2.24. The second kappa shape index (κ2) is 8.75. The van der Waals surface area contributed by atoms with E-state index in [0.717, 1.165) is 5.56 Å². The molecule has 1 atom stereocenters. The molecule has 1 heterocycles. The summed E-state index contributed by atoms with van der Waals surface area (Å²) in [4.78, 5) is 29.0. The van der Waals surface area contributed by atoms with Crippen molar-refractivity contribution < 1.29 is 23.8 Å². The Morgan fingerprint density at radius 2 is 1.92 bits per heavy atom. The Bertz CT molecular complexity index is 773. The number of aliphatic imine (C=N–C) groups is 1. The van der Waals surface area contributed by atoms with Gasteiger partial charge in [0.15, 0.2) is 17.0 Å². The molecule has 0 fully saturated rings. The third kappa shape index (κ3) is 4.37. The van der Waals surface area contributed by atoms with E-state index in [9.17, 15) is 9.59 Å². The molecule has 0 bridgehead atoms. The van der Waals surface area contributed by atoms with E-state index in [4.69, 9.17) is 14.2 Å². The number of carbonyl (C=O) groups excluding carboxylic acids is 2. The molecule has 2 rings (SSSR count). The quantitative estimate of drug-likeness (QED) is 0.766. The van der Waals surface area contributed by atoms with Crippen molar-refractivity contribution in [3.8, 4) is 11.5 Å². The second-order valence-electron chi connectivity index (χ2n) is 5.38. The van der Waals surface area contributed by atoms with Gasteiger partial charge in [0.2, 0.25) is 5.91 Å². The summed E-state index contributed by atoms with van der Waals surface area (Å²) in [6.07, 6.45) is 0. The second-order valence-corrected chi connectivity index (χ2v) is 6.47. The number of nitrogens with zero attached hydrogens (tertiary/aromatic N) is 1. The van der Waals surface area contributed by atoms with Crippen molar-refractivity contribution in [3.63, 3.8) is 0 Å². The van der Waals surface area contributed by atoms with Crippen LogP contribution in [0.2, 0.25) is 0 Å². The Morgan fingerprint density at radius 1 is 1.23 bits per heavy atom. The first kappa shape index (κ1) is 19.8. The Morgan fingerprint density at radius 3 is 2.50 bits per heavy atom. The fourth-order valence-corrected chi connectivity index (χ4v) is 3.74. The summed E-state index contributed by atoms with van der Waals surface area (Å²) in [5.41, 5.74) is 1.12. The third-order valence-corrected chi connectivity index (χ3v) is 4.70. The Balaban J connectivity index is 2.55. The van der Waals surface area contributed by atoms with Crippen LogP contribution in [0, 0.1) is 0 Å². The van der Waals surface area contributed by atoms with Gasteiger partial charge in [0, 0.05) is 11.8 Å². The lowest BCUT2D eigenvalue weighted by Crippen LogP contribution is -2.32. The number of carbonyl (C=O) groups is 2. The Kier molecular flexibility index (Phi) is 6.68. The van der Waals surface area contributed by atoms with Crippen molar-refractivity contribution in [2.24, 2.45) is 4.99 Å². The normalized spacial score (nSPS) is 16.7. The van der Waals surface area contributed by atoms with E-state index in [1.54, 1.807) is 40.2 Å². The van der Waals surface area contributed by atoms with E-state index < -0.39 is 11.5 Å². The van der Waals surface area contributed by atoms with E-state index >= 15 is 0 Å². The number of nitrogens with one attached hydrogen (secondary N) is 1. The van der Waals surface area contributed by atoms with Gasteiger partial charge in [-0.05, 0) is 37.6 Å². The number of hydrogen-bond acceptors (Lipinski definition) is 7. The summed E-state index contributed by atoms with van der Waals surface area (Å²) in [5.74, 6) is 0.467. The molecule has 1 aromatic rings. The molecule has 1 aliphatic heterocycles. The topological polar surface area (TPSA) is 86.2 Å². The highest BCUT2D eigenvalue weighted by atomic mass is 32.2. The van der Waals surface area contributed by atoms with Crippen LogP contribution in [0.3, 0.4) is 0 Å². The minimum atomic E-state index is -0.520. The van der Waals surface area contributed by atoms with Crippen molar-refractivity contribution in [2.75, 3.05) is 20.8 Å². The largest absolute Gasteiger partial charge is 0.493 e.